The zero-order chi connectivity index (χ0) is 26.6. The lowest BCUT2D eigenvalue weighted by atomic mass is 10.1. The van der Waals surface area contributed by atoms with E-state index in [9.17, 15) is 28.1 Å². The Morgan fingerprint density at radius 2 is 1.77 bits per heavy atom. The Morgan fingerprint density at radius 1 is 1.14 bits per heavy atom. The van der Waals surface area contributed by atoms with E-state index in [1.165, 1.54) is 23.1 Å². The number of hydrogen-bond acceptors (Lipinski definition) is 6. The average Bonchev–Trinajstić information content (AvgIpc) is 2.73. The topological polar surface area (TPSA) is 130 Å². The monoisotopic (exact) mass is 568 g/mol. The van der Waals surface area contributed by atoms with Crippen molar-refractivity contribution in [3.05, 3.63) is 68.7 Å². The predicted octanol–water partition coefficient (Wildman–Crippen LogP) is 3.46. The van der Waals surface area contributed by atoms with Crippen LogP contribution < -0.4 is 9.62 Å². The second-order valence-electron chi connectivity index (χ2n) is 9.11. The van der Waals surface area contributed by atoms with Crippen LogP contribution in [0, 0.1) is 10.1 Å². The summed E-state index contributed by atoms with van der Waals surface area (Å²) in [5.41, 5.74) is -0.154. The average molecular weight is 569 g/mol. The molecule has 0 aromatic heterocycles. The first kappa shape index (κ1) is 28.2. The van der Waals surface area contributed by atoms with Crippen molar-refractivity contribution < 1.29 is 22.9 Å². The van der Waals surface area contributed by atoms with Gasteiger partial charge in [0.1, 0.15) is 12.6 Å². The molecule has 0 radical (unpaired) electrons. The van der Waals surface area contributed by atoms with E-state index < -0.39 is 44.9 Å². The number of anilines is 1. The van der Waals surface area contributed by atoms with Crippen LogP contribution in [0.2, 0.25) is 0 Å². The molecule has 0 saturated heterocycles. The lowest BCUT2D eigenvalue weighted by molar-refractivity contribution is -0.384. The smallest absolute Gasteiger partial charge is 0.271 e. The molecule has 2 rings (SSSR count). The Bertz CT molecular complexity index is 1210. The first-order valence-electron chi connectivity index (χ1n) is 10.7. The molecule has 0 aliphatic carbocycles. The van der Waals surface area contributed by atoms with Gasteiger partial charge in [-0.1, -0.05) is 34.1 Å². The van der Waals surface area contributed by atoms with Crippen LogP contribution in [0.15, 0.2) is 53.0 Å². The third kappa shape index (κ3) is 8.32. The molecule has 2 aromatic rings. The summed E-state index contributed by atoms with van der Waals surface area (Å²) in [4.78, 5) is 38.2. The van der Waals surface area contributed by atoms with E-state index >= 15 is 0 Å². The summed E-state index contributed by atoms with van der Waals surface area (Å²) < 4.78 is 26.7. The standard InChI is InChI=1S/C23H29BrN4O6S/c1-16(22(30)25-23(2,3)4)26(14-17-8-6-9-18(24)12-17)21(29)15-27(35(5,33)34)19-10-7-11-20(13-19)28(31)32/h6-13,16H,14-15H2,1-5H3,(H,25,30)/t16-/m1/s1. The second-order valence-corrected chi connectivity index (χ2v) is 11.9. The number of sulfonamides is 1. The maximum atomic E-state index is 13.5. The predicted molar refractivity (Wildman–Crippen MR) is 137 cm³/mol. The maximum Gasteiger partial charge on any atom is 0.271 e. The summed E-state index contributed by atoms with van der Waals surface area (Å²) in [6.07, 6.45) is 0.910. The van der Waals surface area contributed by atoms with Gasteiger partial charge in [0.05, 0.1) is 16.9 Å². The molecule has 35 heavy (non-hydrogen) atoms. The van der Waals surface area contributed by atoms with Gasteiger partial charge in [0, 0.05) is 28.7 Å². The van der Waals surface area contributed by atoms with Gasteiger partial charge >= 0.3 is 0 Å². The number of nitro groups is 1. The number of carbonyl (C=O) groups excluding carboxylic acids is 2. The largest absolute Gasteiger partial charge is 0.350 e. The number of hydrogen-bond donors (Lipinski definition) is 1. The fourth-order valence-corrected chi connectivity index (χ4v) is 4.55. The van der Waals surface area contributed by atoms with Gasteiger partial charge in [0.15, 0.2) is 0 Å². The number of halogens is 1. The Kier molecular flexibility index (Phi) is 9.01. The van der Waals surface area contributed by atoms with E-state index in [-0.39, 0.29) is 17.9 Å². The van der Waals surface area contributed by atoms with Crippen LogP contribution in [-0.2, 0) is 26.2 Å². The quantitative estimate of drug-likeness (QED) is 0.364. The highest BCUT2D eigenvalue weighted by Crippen LogP contribution is 2.24. The normalized spacial score (nSPS) is 12.5. The molecule has 0 bridgehead atoms. The summed E-state index contributed by atoms with van der Waals surface area (Å²) in [5.74, 6) is -1.04. The minimum absolute atomic E-state index is 0.0238. The highest BCUT2D eigenvalue weighted by atomic mass is 79.9. The molecule has 0 aliphatic heterocycles. The van der Waals surface area contributed by atoms with Crippen LogP contribution in [-0.4, -0.2) is 54.4 Å². The second kappa shape index (κ2) is 11.2. The number of benzene rings is 2. The number of nitrogens with zero attached hydrogens (tertiary/aromatic N) is 3. The van der Waals surface area contributed by atoms with E-state index in [0.717, 1.165) is 26.7 Å². The molecule has 0 fully saturated rings. The van der Waals surface area contributed by atoms with E-state index in [2.05, 4.69) is 21.2 Å². The summed E-state index contributed by atoms with van der Waals surface area (Å²) in [7, 11) is -3.99. The van der Waals surface area contributed by atoms with Crippen LogP contribution in [0.3, 0.4) is 0 Å². The number of amides is 2. The molecule has 190 valence electrons. The highest BCUT2D eigenvalue weighted by Gasteiger charge is 2.31. The summed E-state index contributed by atoms with van der Waals surface area (Å²) in [6, 6.07) is 11.3. The Morgan fingerprint density at radius 3 is 2.31 bits per heavy atom. The molecule has 0 aliphatic rings. The van der Waals surface area contributed by atoms with Gasteiger partial charge in [-0.05, 0) is 51.5 Å². The van der Waals surface area contributed by atoms with Crippen LogP contribution >= 0.6 is 15.9 Å². The van der Waals surface area contributed by atoms with E-state index in [1.54, 1.807) is 25.1 Å². The first-order chi connectivity index (χ1) is 16.1. The fraction of sp³-hybridized carbons (Fsp3) is 0.391. The van der Waals surface area contributed by atoms with Gasteiger partial charge < -0.3 is 10.2 Å². The maximum absolute atomic E-state index is 13.5. The third-order valence-corrected chi connectivity index (χ3v) is 6.55. The number of carbonyl (C=O) groups is 2. The van der Waals surface area contributed by atoms with Crippen LogP contribution in [0.5, 0.6) is 0 Å². The SMILES string of the molecule is C[C@H](C(=O)NC(C)(C)C)N(Cc1cccc(Br)c1)C(=O)CN(c1cccc([N+](=O)[O-])c1)S(C)(=O)=O. The fourth-order valence-electron chi connectivity index (χ4n) is 3.26. The molecule has 0 unspecified atom stereocenters. The molecule has 2 amide bonds. The third-order valence-electron chi connectivity index (χ3n) is 4.92. The molecule has 1 N–H and O–H groups in total. The van der Waals surface area contributed by atoms with Gasteiger partial charge in [0.2, 0.25) is 21.8 Å². The molecule has 12 heteroatoms. The lowest BCUT2D eigenvalue weighted by Gasteiger charge is -2.33. The number of nitro benzene ring substituents is 1. The molecule has 10 nitrogen and oxygen atoms in total. The van der Waals surface area contributed by atoms with Crippen molar-refractivity contribution in [2.24, 2.45) is 0 Å². The van der Waals surface area contributed by atoms with Crippen molar-refractivity contribution in [3.8, 4) is 0 Å². The summed E-state index contributed by atoms with van der Waals surface area (Å²) >= 11 is 3.38. The van der Waals surface area contributed by atoms with Gasteiger partial charge in [-0.15, -0.1) is 0 Å². The number of nitrogens with one attached hydrogen (secondary N) is 1. The molecular formula is C23H29BrN4O6S. The highest BCUT2D eigenvalue weighted by molar-refractivity contribution is 9.10. The lowest BCUT2D eigenvalue weighted by Crippen LogP contribution is -2.54. The van der Waals surface area contributed by atoms with E-state index in [1.807, 2.05) is 26.8 Å². The van der Waals surface area contributed by atoms with Gasteiger partial charge in [-0.25, -0.2) is 8.42 Å². The van der Waals surface area contributed by atoms with Crippen molar-refractivity contribution in [3.63, 3.8) is 0 Å². The van der Waals surface area contributed by atoms with Crippen molar-refractivity contribution in [2.75, 3.05) is 17.1 Å². The van der Waals surface area contributed by atoms with Gasteiger partial charge in [-0.2, -0.15) is 0 Å². The molecule has 0 heterocycles. The van der Waals surface area contributed by atoms with Gasteiger partial charge in [-0.3, -0.25) is 24.0 Å². The Labute approximate surface area is 213 Å². The molecular weight excluding hydrogens is 540 g/mol. The van der Waals surface area contributed by atoms with E-state index in [4.69, 9.17) is 0 Å². The summed E-state index contributed by atoms with van der Waals surface area (Å²) in [6.45, 7) is 6.41. The van der Waals surface area contributed by atoms with Crippen molar-refractivity contribution >= 4 is 49.1 Å². The number of rotatable bonds is 9. The minimum atomic E-state index is -3.99. The molecule has 1 atom stereocenters. The van der Waals surface area contributed by atoms with Crippen LogP contribution in [0.25, 0.3) is 0 Å². The minimum Gasteiger partial charge on any atom is -0.350 e. The number of non-ortho nitro benzene ring substituents is 1. The Balaban J connectivity index is 2.45. The van der Waals surface area contributed by atoms with Gasteiger partial charge in [0.25, 0.3) is 5.69 Å². The van der Waals surface area contributed by atoms with Crippen LogP contribution in [0.4, 0.5) is 11.4 Å². The molecule has 2 aromatic carbocycles. The van der Waals surface area contributed by atoms with Crippen molar-refractivity contribution in [1.82, 2.24) is 10.2 Å². The zero-order valence-corrected chi connectivity index (χ0v) is 22.6. The first-order valence-corrected chi connectivity index (χ1v) is 13.3. The van der Waals surface area contributed by atoms with Crippen LogP contribution in [0.1, 0.15) is 33.3 Å². The molecule has 0 spiro atoms. The summed E-state index contributed by atoms with van der Waals surface area (Å²) in [5, 5.41) is 14.0. The van der Waals surface area contributed by atoms with Crippen molar-refractivity contribution in [2.45, 2.75) is 45.8 Å². The van der Waals surface area contributed by atoms with Crippen molar-refractivity contribution in [1.29, 1.82) is 0 Å². The Hall–Kier alpha value is -2.99. The molecule has 0 saturated carbocycles. The van der Waals surface area contributed by atoms with E-state index in [0.29, 0.717) is 0 Å². The zero-order valence-electron chi connectivity index (χ0n) is 20.2.